The minimum atomic E-state index is 0.913. The van der Waals surface area contributed by atoms with Crippen LogP contribution in [0.15, 0.2) is 10.4 Å². The zero-order chi connectivity index (χ0) is 12.8. The van der Waals surface area contributed by atoms with Gasteiger partial charge in [-0.15, -0.1) is 11.3 Å². The summed E-state index contributed by atoms with van der Waals surface area (Å²) in [5.41, 5.74) is 1.08. The Morgan fingerprint density at radius 2 is 2.12 bits per heavy atom. The molecular weight excluding hydrogens is 268 g/mol. The lowest BCUT2D eigenvalue weighted by Gasteiger charge is -2.19. The van der Waals surface area contributed by atoms with Gasteiger partial charge in [0.25, 0.3) is 0 Å². The summed E-state index contributed by atoms with van der Waals surface area (Å²) in [4.78, 5) is 7.93. The first-order valence-electron chi connectivity index (χ1n) is 5.69. The van der Waals surface area contributed by atoms with Crippen molar-refractivity contribution in [3.05, 3.63) is 16.6 Å². The van der Waals surface area contributed by atoms with Gasteiger partial charge in [0.05, 0.1) is 10.6 Å². The van der Waals surface area contributed by atoms with Crippen molar-refractivity contribution in [3.63, 3.8) is 0 Å². The van der Waals surface area contributed by atoms with Crippen molar-refractivity contribution in [3.8, 4) is 0 Å². The van der Waals surface area contributed by atoms with Gasteiger partial charge in [0, 0.05) is 13.1 Å². The first-order chi connectivity index (χ1) is 8.12. The highest BCUT2D eigenvalue weighted by Gasteiger charge is 2.11. The van der Waals surface area contributed by atoms with Crippen LogP contribution in [-0.4, -0.2) is 27.3 Å². The minimum Gasteiger partial charge on any atom is -0.358 e. The van der Waals surface area contributed by atoms with E-state index in [1.54, 1.807) is 23.1 Å². The van der Waals surface area contributed by atoms with Gasteiger partial charge in [-0.3, -0.25) is 0 Å². The normalized spacial score (nSPS) is 11.1. The van der Waals surface area contributed by atoms with Crippen molar-refractivity contribution in [1.82, 2.24) is 9.88 Å². The molecule has 17 heavy (non-hydrogen) atoms. The Morgan fingerprint density at radius 3 is 2.65 bits per heavy atom. The van der Waals surface area contributed by atoms with Gasteiger partial charge >= 0.3 is 0 Å². The van der Waals surface area contributed by atoms with Crippen LogP contribution >= 0.6 is 35.3 Å². The van der Waals surface area contributed by atoms with Crippen molar-refractivity contribution in [2.45, 2.75) is 32.0 Å². The predicted molar refractivity (Wildman–Crippen MR) is 82.9 cm³/mol. The fourth-order valence-electron chi connectivity index (χ4n) is 1.35. The molecule has 0 spiro atoms. The second kappa shape index (κ2) is 7.13. The van der Waals surface area contributed by atoms with Crippen LogP contribution in [0.5, 0.6) is 0 Å². The van der Waals surface area contributed by atoms with Crippen LogP contribution in [-0.2, 0) is 0 Å². The molecule has 94 valence electrons. The first kappa shape index (κ1) is 14.7. The van der Waals surface area contributed by atoms with Crippen LogP contribution in [0, 0.1) is 6.92 Å². The van der Waals surface area contributed by atoms with E-state index in [-0.39, 0.29) is 0 Å². The Balaban J connectivity index is 2.75. The van der Waals surface area contributed by atoms with Crippen molar-refractivity contribution in [2.24, 2.45) is 0 Å². The SMILES string of the molecule is C/C=C\c1sc(SC(=S)N(CC)CC)nc1C. The number of thioether (sulfide) groups is 1. The molecule has 5 heteroatoms. The molecule has 0 saturated carbocycles. The van der Waals surface area contributed by atoms with Crippen LogP contribution in [0.3, 0.4) is 0 Å². The van der Waals surface area contributed by atoms with Gasteiger partial charge in [0.1, 0.15) is 4.32 Å². The maximum atomic E-state index is 5.41. The van der Waals surface area contributed by atoms with E-state index in [1.165, 1.54) is 4.88 Å². The lowest BCUT2D eigenvalue weighted by Crippen LogP contribution is -2.26. The number of hydrogen-bond acceptors (Lipinski definition) is 4. The van der Waals surface area contributed by atoms with Gasteiger partial charge in [-0.05, 0) is 45.5 Å². The average molecular weight is 286 g/mol. The second-order valence-electron chi connectivity index (χ2n) is 3.47. The van der Waals surface area contributed by atoms with Crippen molar-refractivity contribution in [1.29, 1.82) is 0 Å². The molecule has 1 rings (SSSR count). The third-order valence-corrected chi connectivity index (χ3v) is 4.95. The molecule has 1 aromatic heterocycles. The summed E-state index contributed by atoms with van der Waals surface area (Å²) in [6.07, 6.45) is 4.13. The Labute approximate surface area is 117 Å². The smallest absolute Gasteiger partial charge is 0.157 e. The predicted octanol–water partition coefficient (Wildman–Crippen LogP) is 4.20. The van der Waals surface area contributed by atoms with E-state index < -0.39 is 0 Å². The number of aromatic nitrogens is 1. The van der Waals surface area contributed by atoms with Crippen LogP contribution < -0.4 is 0 Å². The molecule has 0 fully saturated rings. The molecule has 0 radical (unpaired) electrons. The van der Waals surface area contributed by atoms with Crippen LogP contribution in [0.4, 0.5) is 0 Å². The summed E-state index contributed by atoms with van der Waals surface area (Å²) in [5, 5.41) is 0. The Kier molecular flexibility index (Phi) is 6.16. The van der Waals surface area contributed by atoms with Gasteiger partial charge in [0.2, 0.25) is 0 Å². The molecule has 1 aromatic rings. The van der Waals surface area contributed by atoms with Crippen molar-refractivity contribution in [2.75, 3.05) is 13.1 Å². The Hall–Kier alpha value is -0.390. The number of thiocarbonyl (C=S) groups is 1. The number of aryl methyl sites for hydroxylation is 1. The topological polar surface area (TPSA) is 16.1 Å². The summed E-state index contributed by atoms with van der Waals surface area (Å²) in [5.74, 6) is 0. The maximum absolute atomic E-state index is 5.41. The Bertz CT molecular complexity index is 406. The molecule has 0 aliphatic heterocycles. The van der Waals surface area contributed by atoms with E-state index in [2.05, 4.69) is 29.8 Å². The minimum absolute atomic E-state index is 0.913. The summed E-state index contributed by atoms with van der Waals surface area (Å²) >= 11 is 8.70. The number of rotatable bonds is 4. The molecule has 1 heterocycles. The van der Waals surface area contributed by atoms with E-state index >= 15 is 0 Å². The highest BCUT2D eigenvalue weighted by atomic mass is 32.2. The fourth-order valence-corrected chi connectivity index (χ4v) is 4.17. The molecule has 0 saturated heterocycles. The molecule has 2 nitrogen and oxygen atoms in total. The quantitative estimate of drug-likeness (QED) is 0.608. The second-order valence-corrected chi connectivity index (χ2v) is 6.38. The lowest BCUT2D eigenvalue weighted by atomic mass is 10.4. The molecule has 0 aliphatic rings. The summed E-state index contributed by atoms with van der Waals surface area (Å²) in [7, 11) is 0. The lowest BCUT2D eigenvalue weighted by molar-refractivity contribution is 0.482. The van der Waals surface area contributed by atoms with E-state index in [0.29, 0.717) is 0 Å². The molecule has 0 aromatic carbocycles. The van der Waals surface area contributed by atoms with E-state index in [0.717, 1.165) is 27.4 Å². The van der Waals surface area contributed by atoms with Crippen LogP contribution in [0.1, 0.15) is 31.3 Å². The van der Waals surface area contributed by atoms with Gasteiger partial charge in [-0.2, -0.15) is 0 Å². The number of hydrogen-bond donors (Lipinski definition) is 0. The van der Waals surface area contributed by atoms with Gasteiger partial charge in [-0.25, -0.2) is 4.98 Å². The molecule has 0 bridgehead atoms. The fraction of sp³-hybridized carbons (Fsp3) is 0.500. The highest BCUT2D eigenvalue weighted by molar-refractivity contribution is 8.23. The van der Waals surface area contributed by atoms with Crippen molar-refractivity contribution >= 4 is 45.7 Å². The molecular formula is C12H18N2S3. The van der Waals surface area contributed by atoms with Crippen molar-refractivity contribution < 1.29 is 0 Å². The number of nitrogens with zero attached hydrogens (tertiary/aromatic N) is 2. The Morgan fingerprint density at radius 1 is 1.47 bits per heavy atom. The number of thiazole rings is 1. The summed E-state index contributed by atoms with van der Waals surface area (Å²) in [6, 6.07) is 0. The zero-order valence-electron chi connectivity index (χ0n) is 10.7. The first-order valence-corrected chi connectivity index (χ1v) is 7.73. The van der Waals surface area contributed by atoms with Gasteiger partial charge in [0.15, 0.2) is 4.34 Å². The highest BCUT2D eigenvalue weighted by Crippen LogP contribution is 2.29. The van der Waals surface area contributed by atoms with Gasteiger partial charge < -0.3 is 4.90 Å². The molecule has 0 atom stereocenters. The largest absolute Gasteiger partial charge is 0.358 e. The third-order valence-electron chi connectivity index (χ3n) is 2.33. The summed E-state index contributed by atoms with van der Waals surface area (Å²) in [6.45, 7) is 10.2. The summed E-state index contributed by atoms with van der Waals surface area (Å²) < 4.78 is 1.95. The molecule has 0 aliphatic carbocycles. The van der Waals surface area contributed by atoms with E-state index in [4.69, 9.17) is 12.2 Å². The average Bonchev–Trinajstić information content (AvgIpc) is 2.61. The van der Waals surface area contributed by atoms with E-state index in [9.17, 15) is 0 Å². The zero-order valence-corrected chi connectivity index (χ0v) is 13.1. The third kappa shape index (κ3) is 4.08. The van der Waals surface area contributed by atoms with Crippen LogP contribution in [0.25, 0.3) is 6.08 Å². The molecule has 0 N–H and O–H groups in total. The van der Waals surface area contributed by atoms with Gasteiger partial charge in [-0.1, -0.05) is 18.3 Å². The number of allylic oxidation sites excluding steroid dienone is 1. The maximum Gasteiger partial charge on any atom is 0.157 e. The standard InChI is InChI=1S/C12H18N2S3/c1-5-8-10-9(4)13-11(16-10)17-12(15)14(6-2)7-3/h5,8H,6-7H2,1-4H3/b8-5-. The monoisotopic (exact) mass is 286 g/mol. The molecule has 0 amide bonds. The molecule has 0 unspecified atom stereocenters. The van der Waals surface area contributed by atoms with E-state index in [1.807, 2.05) is 19.9 Å². The van der Waals surface area contributed by atoms with Crippen LogP contribution in [0.2, 0.25) is 0 Å².